The lowest BCUT2D eigenvalue weighted by Gasteiger charge is -2.33. The molecule has 1 fully saturated rings. The summed E-state index contributed by atoms with van der Waals surface area (Å²) < 4.78 is 0. The zero-order chi connectivity index (χ0) is 14.5. The van der Waals surface area contributed by atoms with Gasteiger partial charge in [-0.15, -0.1) is 0 Å². The lowest BCUT2D eigenvalue weighted by molar-refractivity contribution is 0.377. The van der Waals surface area contributed by atoms with E-state index in [1.807, 2.05) is 6.92 Å². The topological polar surface area (TPSA) is 55.0 Å². The average Bonchev–Trinajstić information content (AvgIpc) is 2.44. The van der Waals surface area contributed by atoms with Crippen molar-refractivity contribution < 1.29 is 0 Å². The van der Waals surface area contributed by atoms with E-state index >= 15 is 0 Å². The van der Waals surface area contributed by atoms with Crippen LogP contribution in [0.25, 0.3) is 0 Å². The van der Waals surface area contributed by atoms with Crippen molar-refractivity contribution in [1.29, 1.82) is 0 Å². The van der Waals surface area contributed by atoms with Crippen molar-refractivity contribution in [2.75, 3.05) is 23.7 Å². The van der Waals surface area contributed by atoms with E-state index in [0.717, 1.165) is 49.1 Å². The van der Waals surface area contributed by atoms with Crippen molar-refractivity contribution >= 4 is 11.6 Å². The molecule has 2 N–H and O–H groups in total. The first-order valence-electron chi connectivity index (χ1n) is 8.03. The van der Waals surface area contributed by atoms with Gasteiger partial charge in [0, 0.05) is 25.1 Å². The van der Waals surface area contributed by atoms with Crippen molar-refractivity contribution in [2.45, 2.75) is 59.3 Å². The molecule has 0 amide bonds. The Bertz CT molecular complexity index is 436. The van der Waals surface area contributed by atoms with Crippen molar-refractivity contribution in [3.63, 3.8) is 0 Å². The van der Waals surface area contributed by atoms with E-state index in [9.17, 15) is 0 Å². The molecule has 20 heavy (non-hydrogen) atoms. The van der Waals surface area contributed by atoms with Gasteiger partial charge in [-0.1, -0.05) is 26.7 Å². The molecule has 1 aliphatic heterocycles. The Hall–Kier alpha value is -1.32. The molecule has 1 aromatic heterocycles. The number of rotatable bonds is 5. The van der Waals surface area contributed by atoms with E-state index in [2.05, 4.69) is 23.7 Å². The first-order valence-corrected chi connectivity index (χ1v) is 8.03. The standard InChI is InChI=1S/C16H28N4/c1-4-6-13-8-10-20(11-9-13)16-12(3)15(17)18-14(19-16)7-5-2/h13H,4-11H2,1-3H3,(H2,17,18,19). The number of aryl methyl sites for hydroxylation is 1. The largest absolute Gasteiger partial charge is 0.383 e. The van der Waals surface area contributed by atoms with Crippen LogP contribution in [0.15, 0.2) is 0 Å². The van der Waals surface area contributed by atoms with Crippen LogP contribution in [0.2, 0.25) is 0 Å². The summed E-state index contributed by atoms with van der Waals surface area (Å²) in [5, 5.41) is 0. The van der Waals surface area contributed by atoms with E-state index in [4.69, 9.17) is 10.7 Å². The quantitative estimate of drug-likeness (QED) is 0.896. The van der Waals surface area contributed by atoms with E-state index in [-0.39, 0.29) is 0 Å². The van der Waals surface area contributed by atoms with Gasteiger partial charge in [0.05, 0.1) is 0 Å². The minimum Gasteiger partial charge on any atom is -0.383 e. The van der Waals surface area contributed by atoms with Gasteiger partial charge in [-0.2, -0.15) is 0 Å². The third-order valence-electron chi connectivity index (χ3n) is 4.29. The third-order valence-corrected chi connectivity index (χ3v) is 4.29. The SMILES string of the molecule is CCCc1nc(N)c(C)c(N2CCC(CCC)CC2)n1. The zero-order valence-corrected chi connectivity index (χ0v) is 13.2. The number of nitrogen functional groups attached to an aromatic ring is 1. The summed E-state index contributed by atoms with van der Waals surface area (Å²) in [6.45, 7) is 8.67. The van der Waals surface area contributed by atoms with Crippen LogP contribution in [-0.2, 0) is 6.42 Å². The fraction of sp³-hybridized carbons (Fsp3) is 0.750. The molecule has 0 radical (unpaired) electrons. The predicted octanol–water partition coefficient (Wildman–Crippen LogP) is 3.34. The molecule has 2 heterocycles. The van der Waals surface area contributed by atoms with E-state index in [1.165, 1.54) is 25.7 Å². The molecule has 0 unspecified atom stereocenters. The number of hydrogen-bond acceptors (Lipinski definition) is 4. The van der Waals surface area contributed by atoms with Gasteiger partial charge in [0.15, 0.2) is 0 Å². The predicted molar refractivity (Wildman–Crippen MR) is 85.0 cm³/mol. The zero-order valence-electron chi connectivity index (χ0n) is 13.2. The molecule has 0 aliphatic carbocycles. The third kappa shape index (κ3) is 3.41. The summed E-state index contributed by atoms with van der Waals surface area (Å²) in [5.74, 6) is 3.50. The molecular formula is C16H28N4. The summed E-state index contributed by atoms with van der Waals surface area (Å²) in [6.07, 6.45) is 7.18. The highest BCUT2D eigenvalue weighted by atomic mass is 15.2. The van der Waals surface area contributed by atoms with Gasteiger partial charge >= 0.3 is 0 Å². The summed E-state index contributed by atoms with van der Waals surface area (Å²) in [5.41, 5.74) is 7.10. The fourth-order valence-corrected chi connectivity index (χ4v) is 3.05. The van der Waals surface area contributed by atoms with Crippen LogP contribution in [0.5, 0.6) is 0 Å². The molecule has 1 aromatic rings. The minimum absolute atomic E-state index is 0.647. The summed E-state index contributed by atoms with van der Waals surface area (Å²) >= 11 is 0. The van der Waals surface area contributed by atoms with Crippen LogP contribution in [0.4, 0.5) is 11.6 Å². The molecule has 0 aromatic carbocycles. The van der Waals surface area contributed by atoms with Crippen LogP contribution in [0.1, 0.15) is 57.3 Å². The summed E-state index contributed by atoms with van der Waals surface area (Å²) in [4.78, 5) is 11.6. The first kappa shape index (κ1) is 15.1. The van der Waals surface area contributed by atoms with Crippen LogP contribution in [-0.4, -0.2) is 23.1 Å². The van der Waals surface area contributed by atoms with Crippen molar-refractivity contribution in [3.8, 4) is 0 Å². The molecular weight excluding hydrogens is 248 g/mol. The molecule has 112 valence electrons. The van der Waals surface area contributed by atoms with E-state index in [0.29, 0.717) is 5.82 Å². The number of aromatic nitrogens is 2. The Morgan fingerprint density at radius 3 is 2.45 bits per heavy atom. The monoisotopic (exact) mass is 276 g/mol. The Morgan fingerprint density at radius 2 is 1.85 bits per heavy atom. The maximum absolute atomic E-state index is 6.06. The highest BCUT2D eigenvalue weighted by molar-refractivity contribution is 5.56. The Balaban J connectivity index is 2.12. The Labute approximate surface area is 122 Å². The van der Waals surface area contributed by atoms with Gasteiger partial charge in [-0.3, -0.25) is 0 Å². The molecule has 4 heteroatoms. The molecule has 1 aliphatic rings. The fourth-order valence-electron chi connectivity index (χ4n) is 3.05. The normalized spacial score (nSPS) is 16.6. The second-order valence-electron chi connectivity index (χ2n) is 5.94. The molecule has 0 spiro atoms. The van der Waals surface area contributed by atoms with Crippen molar-refractivity contribution in [1.82, 2.24) is 9.97 Å². The lowest BCUT2D eigenvalue weighted by atomic mass is 9.92. The molecule has 0 saturated carbocycles. The molecule has 2 rings (SSSR count). The maximum atomic E-state index is 6.06. The van der Waals surface area contributed by atoms with Gasteiger partial charge in [0.2, 0.25) is 0 Å². The number of anilines is 2. The van der Waals surface area contributed by atoms with E-state index in [1.54, 1.807) is 0 Å². The first-order chi connectivity index (χ1) is 9.65. The Morgan fingerprint density at radius 1 is 1.15 bits per heavy atom. The van der Waals surface area contributed by atoms with Gasteiger partial charge in [0.1, 0.15) is 17.5 Å². The highest BCUT2D eigenvalue weighted by Crippen LogP contribution is 2.28. The van der Waals surface area contributed by atoms with Crippen LogP contribution in [0.3, 0.4) is 0 Å². The Kier molecular flexibility index (Phi) is 5.21. The van der Waals surface area contributed by atoms with Crippen molar-refractivity contribution in [3.05, 3.63) is 11.4 Å². The van der Waals surface area contributed by atoms with Gasteiger partial charge in [0.25, 0.3) is 0 Å². The van der Waals surface area contributed by atoms with Crippen molar-refractivity contribution in [2.24, 2.45) is 5.92 Å². The number of nitrogens with two attached hydrogens (primary N) is 1. The van der Waals surface area contributed by atoms with Gasteiger partial charge in [-0.05, 0) is 32.1 Å². The van der Waals surface area contributed by atoms with Crippen LogP contribution in [0, 0.1) is 12.8 Å². The molecule has 0 bridgehead atoms. The highest BCUT2D eigenvalue weighted by Gasteiger charge is 2.22. The molecule has 0 atom stereocenters. The van der Waals surface area contributed by atoms with Crippen LogP contribution < -0.4 is 10.6 Å². The van der Waals surface area contributed by atoms with E-state index < -0.39 is 0 Å². The molecule has 4 nitrogen and oxygen atoms in total. The smallest absolute Gasteiger partial charge is 0.137 e. The number of nitrogens with zero attached hydrogens (tertiary/aromatic N) is 3. The molecule has 1 saturated heterocycles. The average molecular weight is 276 g/mol. The number of hydrogen-bond donors (Lipinski definition) is 1. The number of piperidine rings is 1. The maximum Gasteiger partial charge on any atom is 0.137 e. The van der Waals surface area contributed by atoms with Gasteiger partial charge in [-0.25, -0.2) is 9.97 Å². The minimum atomic E-state index is 0.647. The second kappa shape index (κ2) is 6.91. The second-order valence-corrected chi connectivity index (χ2v) is 5.94. The summed E-state index contributed by atoms with van der Waals surface area (Å²) in [6, 6.07) is 0. The summed E-state index contributed by atoms with van der Waals surface area (Å²) in [7, 11) is 0. The van der Waals surface area contributed by atoms with Crippen LogP contribution >= 0.6 is 0 Å². The lowest BCUT2D eigenvalue weighted by Crippen LogP contribution is -2.35. The van der Waals surface area contributed by atoms with Gasteiger partial charge < -0.3 is 10.6 Å².